The molecule has 1 N–H and O–H groups in total. The second-order valence-corrected chi connectivity index (χ2v) is 3.71. The van der Waals surface area contributed by atoms with Crippen LogP contribution in [0, 0.1) is 0 Å². The van der Waals surface area contributed by atoms with Crippen LogP contribution in [0.4, 0.5) is 11.4 Å². The zero-order valence-corrected chi connectivity index (χ0v) is 9.26. The Morgan fingerprint density at radius 1 is 0.933 bits per heavy atom. The van der Waals surface area contributed by atoms with Crippen LogP contribution >= 0.6 is 23.2 Å². The van der Waals surface area contributed by atoms with Gasteiger partial charge in [-0.15, -0.1) is 0 Å². The Kier molecular flexibility index (Phi) is 3.09. The van der Waals surface area contributed by atoms with Crippen molar-refractivity contribution in [3.63, 3.8) is 0 Å². The summed E-state index contributed by atoms with van der Waals surface area (Å²) in [6, 6.07) is 13.2. The van der Waals surface area contributed by atoms with E-state index in [-0.39, 0.29) is 0 Å². The molecule has 2 rings (SSSR count). The highest BCUT2D eigenvalue weighted by Gasteiger charge is 2.02. The van der Waals surface area contributed by atoms with E-state index in [1.807, 2.05) is 30.3 Å². The van der Waals surface area contributed by atoms with Gasteiger partial charge in [-0.05, 0) is 24.3 Å². The lowest BCUT2D eigenvalue weighted by Gasteiger charge is -2.07. The number of aromatic nitrogens is 1. The Hall–Kier alpha value is -1.25. The molecular weight excluding hydrogens is 231 g/mol. The van der Waals surface area contributed by atoms with E-state index < -0.39 is 0 Å². The third-order valence-electron chi connectivity index (χ3n) is 1.87. The van der Waals surface area contributed by atoms with Crippen molar-refractivity contribution in [2.75, 3.05) is 5.32 Å². The van der Waals surface area contributed by atoms with E-state index in [0.717, 1.165) is 11.4 Å². The first kappa shape index (κ1) is 10.3. The van der Waals surface area contributed by atoms with Crippen LogP contribution in [0.5, 0.6) is 0 Å². The number of pyridine rings is 1. The molecule has 0 amide bonds. The number of nitrogens with zero attached hydrogens (tertiary/aromatic N) is 1. The highest BCUT2D eigenvalue weighted by molar-refractivity contribution is 6.34. The molecule has 0 atom stereocenters. The Morgan fingerprint density at radius 2 is 1.67 bits per heavy atom. The molecule has 0 bridgehead atoms. The van der Waals surface area contributed by atoms with Gasteiger partial charge >= 0.3 is 0 Å². The average molecular weight is 239 g/mol. The number of anilines is 2. The first-order valence-electron chi connectivity index (χ1n) is 4.40. The van der Waals surface area contributed by atoms with Gasteiger partial charge in [0, 0.05) is 5.69 Å². The molecule has 76 valence electrons. The molecule has 15 heavy (non-hydrogen) atoms. The molecule has 0 saturated carbocycles. The van der Waals surface area contributed by atoms with Gasteiger partial charge in [0.15, 0.2) is 5.15 Å². The predicted molar refractivity (Wildman–Crippen MR) is 64.0 cm³/mol. The molecular formula is C11H8Cl2N2. The molecule has 0 aliphatic carbocycles. The minimum absolute atomic E-state index is 0.367. The van der Waals surface area contributed by atoms with Gasteiger partial charge in [-0.25, -0.2) is 4.98 Å². The summed E-state index contributed by atoms with van der Waals surface area (Å²) in [5.41, 5.74) is 1.70. The molecule has 0 spiro atoms. The third-order valence-corrected chi connectivity index (χ3v) is 2.37. The number of para-hydroxylation sites is 1. The summed E-state index contributed by atoms with van der Waals surface area (Å²) < 4.78 is 0. The second kappa shape index (κ2) is 4.51. The highest BCUT2D eigenvalue weighted by atomic mass is 35.5. The summed E-state index contributed by atoms with van der Waals surface area (Å²) in [7, 11) is 0. The molecule has 0 fully saturated rings. The van der Waals surface area contributed by atoms with Crippen molar-refractivity contribution in [3.05, 3.63) is 52.8 Å². The maximum absolute atomic E-state index is 5.92. The van der Waals surface area contributed by atoms with E-state index in [4.69, 9.17) is 23.2 Å². The van der Waals surface area contributed by atoms with E-state index in [0.29, 0.717) is 10.3 Å². The van der Waals surface area contributed by atoms with Crippen LogP contribution < -0.4 is 5.32 Å². The number of hydrogen-bond donors (Lipinski definition) is 1. The highest BCUT2D eigenvalue weighted by Crippen LogP contribution is 2.24. The summed E-state index contributed by atoms with van der Waals surface area (Å²) in [4.78, 5) is 3.94. The van der Waals surface area contributed by atoms with Gasteiger partial charge in [0.1, 0.15) is 5.15 Å². The van der Waals surface area contributed by atoms with Crippen molar-refractivity contribution in [3.8, 4) is 0 Å². The Morgan fingerprint density at radius 3 is 2.33 bits per heavy atom. The van der Waals surface area contributed by atoms with Crippen molar-refractivity contribution in [1.29, 1.82) is 0 Å². The number of halogens is 2. The van der Waals surface area contributed by atoms with Crippen molar-refractivity contribution in [2.24, 2.45) is 0 Å². The maximum Gasteiger partial charge on any atom is 0.154 e. The van der Waals surface area contributed by atoms with Crippen LogP contribution in [-0.4, -0.2) is 4.98 Å². The van der Waals surface area contributed by atoms with Crippen LogP contribution in [0.3, 0.4) is 0 Å². The molecule has 0 aliphatic heterocycles. The zero-order chi connectivity index (χ0) is 10.7. The second-order valence-electron chi connectivity index (χ2n) is 2.96. The van der Waals surface area contributed by atoms with E-state index in [1.54, 1.807) is 12.1 Å². The molecule has 0 radical (unpaired) electrons. The van der Waals surface area contributed by atoms with Crippen LogP contribution in [0.25, 0.3) is 0 Å². The first-order valence-corrected chi connectivity index (χ1v) is 5.15. The number of nitrogens with one attached hydrogen (secondary N) is 1. The maximum atomic E-state index is 5.92. The largest absolute Gasteiger partial charge is 0.353 e. The van der Waals surface area contributed by atoms with Crippen molar-refractivity contribution in [2.45, 2.75) is 0 Å². The fraction of sp³-hybridized carbons (Fsp3) is 0. The fourth-order valence-corrected chi connectivity index (χ4v) is 1.57. The molecule has 0 aliphatic rings. The van der Waals surface area contributed by atoms with E-state index in [2.05, 4.69) is 10.3 Å². The molecule has 2 nitrogen and oxygen atoms in total. The molecule has 0 saturated heterocycles. The van der Waals surface area contributed by atoms with E-state index in [9.17, 15) is 0 Å². The SMILES string of the molecule is Clc1ccc(Nc2ccccc2)c(Cl)n1. The van der Waals surface area contributed by atoms with Gasteiger partial charge in [0.05, 0.1) is 5.69 Å². The van der Waals surface area contributed by atoms with Crippen LogP contribution in [-0.2, 0) is 0 Å². The fourth-order valence-electron chi connectivity index (χ4n) is 1.18. The van der Waals surface area contributed by atoms with E-state index >= 15 is 0 Å². The van der Waals surface area contributed by atoms with Crippen LogP contribution in [0.1, 0.15) is 0 Å². The molecule has 2 aromatic rings. The van der Waals surface area contributed by atoms with Gasteiger partial charge in [-0.1, -0.05) is 41.4 Å². The Labute approximate surface area is 97.9 Å². The summed E-state index contributed by atoms with van der Waals surface area (Å²) in [6.45, 7) is 0. The lowest BCUT2D eigenvalue weighted by atomic mass is 10.3. The van der Waals surface area contributed by atoms with Crippen LogP contribution in [0.15, 0.2) is 42.5 Å². The number of hydrogen-bond acceptors (Lipinski definition) is 2. The molecule has 1 aromatic carbocycles. The lowest BCUT2D eigenvalue weighted by Crippen LogP contribution is -1.92. The average Bonchev–Trinajstić information content (AvgIpc) is 2.24. The standard InChI is InChI=1S/C11H8Cl2N2/c12-10-7-6-9(11(13)15-10)14-8-4-2-1-3-5-8/h1-7,14H. The zero-order valence-electron chi connectivity index (χ0n) is 7.74. The third kappa shape index (κ3) is 2.61. The molecule has 1 aromatic heterocycles. The molecule has 1 heterocycles. The predicted octanol–water partition coefficient (Wildman–Crippen LogP) is 4.13. The van der Waals surface area contributed by atoms with Gasteiger partial charge in [-0.3, -0.25) is 0 Å². The van der Waals surface area contributed by atoms with Crippen molar-refractivity contribution < 1.29 is 0 Å². The van der Waals surface area contributed by atoms with Gasteiger partial charge in [0.2, 0.25) is 0 Å². The normalized spacial score (nSPS) is 10.0. The van der Waals surface area contributed by atoms with Gasteiger partial charge in [0.25, 0.3) is 0 Å². The Balaban J connectivity index is 2.25. The number of rotatable bonds is 2. The summed E-state index contributed by atoms with van der Waals surface area (Å²) in [5.74, 6) is 0. The summed E-state index contributed by atoms with van der Waals surface area (Å²) in [5, 5.41) is 3.90. The number of benzene rings is 1. The minimum Gasteiger partial charge on any atom is -0.353 e. The summed E-state index contributed by atoms with van der Waals surface area (Å²) >= 11 is 11.6. The molecule has 0 unspecified atom stereocenters. The van der Waals surface area contributed by atoms with Crippen molar-refractivity contribution in [1.82, 2.24) is 4.98 Å². The Bertz CT molecular complexity index is 457. The quantitative estimate of drug-likeness (QED) is 0.797. The van der Waals surface area contributed by atoms with Gasteiger partial charge < -0.3 is 5.32 Å². The first-order chi connectivity index (χ1) is 7.25. The molecule has 4 heteroatoms. The van der Waals surface area contributed by atoms with E-state index in [1.165, 1.54) is 0 Å². The van der Waals surface area contributed by atoms with Gasteiger partial charge in [-0.2, -0.15) is 0 Å². The topological polar surface area (TPSA) is 24.9 Å². The van der Waals surface area contributed by atoms with Crippen LogP contribution in [0.2, 0.25) is 10.3 Å². The van der Waals surface area contributed by atoms with Crippen molar-refractivity contribution >= 4 is 34.6 Å². The summed E-state index contributed by atoms with van der Waals surface area (Å²) in [6.07, 6.45) is 0. The smallest absolute Gasteiger partial charge is 0.154 e. The minimum atomic E-state index is 0.367. The monoisotopic (exact) mass is 238 g/mol. The lowest BCUT2D eigenvalue weighted by molar-refractivity contribution is 1.32.